The first-order valence-corrected chi connectivity index (χ1v) is 6.25. The lowest BCUT2D eigenvalue weighted by Gasteiger charge is -2.11. The van der Waals surface area contributed by atoms with E-state index in [1.165, 1.54) is 6.07 Å². The van der Waals surface area contributed by atoms with Gasteiger partial charge in [-0.2, -0.15) is 0 Å². The summed E-state index contributed by atoms with van der Waals surface area (Å²) >= 11 is 0. The molecule has 17 heavy (non-hydrogen) atoms. The molecule has 2 N–H and O–H groups in total. The Balaban J connectivity index is 2.48. The predicted octanol–water partition coefficient (Wildman–Crippen LogP) is 3.28. The molecule has 0 spiro atoms. The van der Waals surface area contributed by atoms with Crippen molar-refractivity contribution in [1.82, 2.24) is 0 Å². The van der Waals surface area contributed by atoms with Gasteiger partial charge in [0.15, 0.2) is 0 Å². The second-order valence-electron chi connectivity index (χ2n) is 4.40. The van der Waals surface area contributed by atoms with E-state index < -0.39 is 0 Å². The summed E-state index contributed by atoms with van der Waals surface area (Å²) in [5.41, 5.74) is 6.87. The van der Waals surface area contributed by atoms with E-state index in [1.54, 1.807) is 19.2 Å². The Morgan fingerprint density at radius 1 is 1.35 bits per heavy atom. The molecule has 1 aromatic rings. The van der Waals surface area contributed by atoms with Crippen LogP contribution in [0.4, 0.5) is 4.39 Å². The molecule has 0 radical (unpaired) electrons. The van der Waals surface area contributed by atoms with Crippen LogP contribution in [-0.4, -0.2) is 13.2 Å². The third-order valence-electron chi connectivity index (χ3n) is 2.92. The molecule has 0 aliphatic carbocycles. The highest BCUT2D eigenvalue weighted by Crippen LogP contribution is 2.21. The fourth-order valence-electron chi connectivity index (χ4n) is 2.01. The molecule has 0 saturated heterocycles. The molecular weight excluding hydrogens is 217 g/mol. The number of rotatable bonds is 7. The molecule has 0 aromatic heterocycles. The van der Waals surface area contributed by atoms with Gasteiger partial charge in [-0.3, -0.25) is 0 Å². The van der Waals surface area contributed by atoms with E-state index in [2.05, 4.69) is 6.92 Å². The highest BCUT2D eigenvalue weighted by Gasteiger charge is 2.06. The van der Waals surface area contributed by atoms with Crippen molar-refractivity contribution < 1.29 is 9.13 Å². The van der Waals surface area contributed by atoms with E-state index in [0.29, 0.717) is 0 Å². The second kappa shape index (κ2) is 7.28. The first-order chi connectivity index (χ1) is 8.17. The smallest absolute Gasteiger partial charge is 0.123 e. The molecule has 3 heteroatoms. The summed E-state index contributed by atoms with van der Waals surface area (Å²) in [5.74, 6) is 0.550. The highest BCUT2D eigenvalue weighted by molar-refractivity contribution is 5.33. The van der Waals surface area contributed by atoms with Gasteiger partial charge in [0.2, 0.25) is 0 Å². The van der Waals surface area contributed by atoms with Crippen LogP contribution in [0.1, 0.15) is 38.2 Å². The van der Waals surface area contributed by atoms with E-state index in [9.17, 15) is 4.39 Å². The van der Waals surface area contributed by atoms with Gasteiger partial charge in [-0.25, -0.2) is 4.39 Å². The van der Waals surface area contributed by atoms with Crippen LogP contribution < -0.4 is 10.5 Å². The SMILES string of the molecule is CCCC(N)CCCc1cc(F)ccc1OC. The van der Waals surface area contributed by atoms with E-state index in [-0.39, 0.29) is 11.9 Å². The van der Waals surface area contributed by atoms with E-state index >= 15 is 0 Å². The van der Waals surface area contributed by atoms with Crippen molar-refractivity contribution in [2.45, 2.75) is 45.1 Å². The third kappa shape index (κ3) is 4.73. The molecule has 1 aromatic carbocycles. The number of methoxy groups -OCH3 is 1. The molecule has 0 bridgehead atoms. The maximum atomic E-state index is 13.1. The third-order valence-corrected chi connectivity index (χ3v) is 2.92. The number of nitrogens with two attached hydrogens (primary N) is 1. The van der Waals surface area contributed by atoms with Crippen LogP contribution in [0.15, 0.2) is 18.2 Å². The molecule has 1 rings (SSSR count). The Hall–Kier alpha value is -1.09. The summed E-state index contributed by atoms with van der Waals surface area (Å²) < 4.78 is 18.3. The fraction of sp³-hybridized carbons (Fsp3) is 0.571. The van der Waals surface area contributed by atoms with Gasteiger partial charge in [0.05, 0.1) is 7.11 Å². The minimum Gasteiger partial charge on any atom is -0.496 e. The molecular formula is C14H22FNO. The Morgan fingerprint density at radius 2 is 2.12 bits per heavy atom. The topological polar surface area (TPSA) is 35.2 Å². The van der Waals surface area contributed by atoms with Crippen molar-refractivity contribution in [2.75, 3.05) is 7.11 Å². The highest BCUT2D eigenvalue weighted by atomic mass is 19.1. The largest absolute Gasteiger partial charge is 0.496 e. The van der Waals surface area contributed by atoms with Gasteiger partial charge < -0.3 is 10.5 Å². The van der Waals surface area contributed by atoms with Crippen molar-refractivity contribution in [3.8, 4) is 5.75 Å². The number of hydrogen-bond donors (Lipinski definition) is 1. The van der Waals surface area contributed by atoms with Crippen LogP contribution >= 0.6 is 0 Å². The van der Waals surface area contributed by atoms with Gasteiger partial charge in [0, 0.05) is 6.04 Å². The van der Waals surface area contributed by atoms with Gasteiger partial charge in [-0.05, 0) is 49.4 Å². The van der Waals surface area contributed by atoms with Crippen LogP contribution in [0.5, 0.6) is 5.75 Å². The number of aryl methyl sites for hydroxylation is 1. The Morgan fingerprint density at radius 3 is 2.76 bits per heavy atom. The molecule has 2 nitrogen and oxygen atoms in total. The first kappa shape index (κ1) is 14.0. The van der Waals surface area contributed by atoms with E-state index in [0.717, 1.165) is 43.4 Å². The van der Waals surface area contributed by atoms with Crippen molar-refractivity contribution in [3.05, 3.63) is 29.6 Å². The zero-order valence-corrected chi connectivity index (χ0v) is 10.7. The Kier molecular flexibility index (Phi) is 5.98. The molecule has 0 aliphatic heterocycles. The quantitative estimate of drug-likeness (QED) is 0.792. The van der Waals surface area contributed by atoms with Gasteiger partial charge in [0.25, 0.3) is 0 Å². The molecule has 0 amide bonds. The van der Waals surface area contributed by atoms with Gasteiger partial charge in [0.1, 0.15) is 11.6 Å². The lowest BCUT2D eigenvalue weighted by Crippen LogP contribution is -2.19. The summed E-state index contributed by atoms with van der Waals surface area (Å²) in [6.45, 7) is 2.13. The molecule has 1 atom stereocenters. The van der Waals surface area contributed by atoms with Gasteiger partial charge >= 0.3 is 0 Å². The van der Waals surface area contributed by atoms with Gasteiger partial charge in [-0.1, -0.05) is 13.3 Å². The Labute approximate surface area is 103 Å². The standard InChI is InChI=1S/C14H22FNO/c1-3-5-13(16)7-4-6-11-10-12(15)8-9-14(11)17-2/h8-10,13H,3-7,16H2,1-2H3. The summed E-state index contributed by atoms with van der Waals surface area (Å²) in [5, 5.41) is 0. The minimum absolute atomic E-state index is 0.210. The second-order valence-corrected chi connectivity index (χ2v) is 4.40. The van der Waals surface area contributed by atoms with E-state index in [1.807, 2.05) is 0 Å². The number of benzene rings is 1. The summed E-state index contributed by atoms with van der Waals surface area (Å²) in [6.07, 6.45) is 4.94. The van der Waals surface area contributed by atoms with Gasteiger partial charge in [-0.15, -0.1) is 0 Å². The van der Waals surface area contributed by atoms with Crippen LogP contribution in [0.3, 0.4) is 0 Å². The zero-order chi connectivity index (χ0) is 12.7. The van der Waals surface area contributed by atoms with Crippen LogP contribution in [0.2, 0.25) is 0 Å². The summed E-state index contributed by atoms with van der Waals surface area (Å²) in [6, 6.07) is 4.91. The Bertz CT molecular complexity index is 341. The lowest BCUT2D eigenvalue weighted by molar-refractivity contribution is 0.406. The summed E-state index contributed by atoms with van der Waals surface area (Å²) in [4.78, 5) is 0. The number of ether oxygens (including phenoxy) is 1. The molecule has 1 unspecified atom stereocenters. The maximum Gasteiger partial charge on any atom is 0.123 e. The van der Waals surface area contributed by atoms with Crippen molar-refractivity contribution >= 4 is 0 Å². The number of halogens is 1. The zero-order valence-electron chi connectivity index (χ0n) is 10.7. The minimum atomic E-state index is -0.210. The lowest BCUT2D eigenvalue weighted by atomic mass is 10.0. The maximum absolute atomic E-state index is 13.1. The molecule has 0 aliphatic rings. The monoisotopic (exact) mass is 239 g/mol. The number of hydrogen-bond acceptors (Lipinski definition) is 2. The molecule has 0 heterocycles. The van der Waals surface area contributed by atoms with E-state index in [4.69, 9.17) is 10.5 Å². The predicted molar refractivity (Wildman–Crippen MR) is 68.8 cm³/mol. The first-order valence-electron chi connectivity index (χ1n) is 6.25. The summed E-state index contributed by atoms with van der Waals surface area (Å²) in [7, 11) is 1.61. The van der Waals surface area contributed by atoms with Crippen LogP contribution in [0.25, 0.3) is 0 Å². The molecule has 96 valence electrons. The van der Waals surface area contributed by atoms with Crippen LogP contribution in [-0.2, 0) is 6.42 Å². The average molecular weight is 239 g/mol. The molecule has 0 fully saturated rings. The van der Waals surface area contributed by atoms with Crippen molar-refractivity contribution in [2.24, 2.45) is 5.73 Å². The van der Waals surface area contributed by atoms with Crippen LogP contribution in [0, 0.1) is 5.82 Å². The normalized spacial score (nSPS) is 12.5. The molecule has 0 saturated carbocycles. The fourth-order valence-corrected chi connectivity index (χ4v) is 2.01. The van der Waals surface area contributed by atoms with Crippen molar-refractivity contribution in [1.29, 1.82) is 0 Å². The van der Waals surface area contributed by atoms with Crippen molar-refractivity contribution in [3.63, 3.8) is 0 Å². The average Bonchev–Trinajstić information content (AvgIpc) is 2.30.